The van der Waals surface area contributed by atoms with E-state index in [0.29, 0.717) is 0 Å². The quantitative estimate of drug-likeness (QED) is 0.936. The number of rotatable bonds is 3. The van der Waals surface area contributed by atoms with Crippen LogP contribution < -0.4 is 10.1 Å². The Bertz CT molecular complexity index is 643. The summed E-state index contributed by atoms with van der Waals surface area (Å²) < 4.78 is 5.49. The second-order valence-electron chi connectivity index (χ2n) is 6.35. The number of hydrogen-bond acceptors (Lipinski definition) is 3. The van der Waals surface area contributed by atoms with Gasteiger partial charge >= 0.3 is 0 Å². The van der Waals surface area contributed by atoms with E-state index < -0.39 is 0 Å². The Kier molecular flexibility index (Phi) is 3.32. The average molecular weight is 282 g/mol. The lowest BCUT2D eigenvalue weighted by Gasteiger charge is -2.19. The largest absolute Gasteiger partial charge is 0.496 e. The zero-order chi connectivity index (χ0) is 14.2. The number of hydrogen-bond donors (Lipinski definition) is 1. The summed E-state index contributed by atoms with van der Waals surface area (Å²) in [4.78, 5) is 2.62. The molecule has 2 aromatic carbocycles. The van der Waals surface area contributed by atoms with E-state index in [1.165, 1.54) is 42.5 Å². The Morgan fingerprint density at radius 1 is 1.05 bits per heavy atom. The first-order chi connectivity index (χ1) is 10.3. The van der Waals surface area contributed by atoms with Gasteiger partial charge in [0.15, 0.2) is 0 Å². The van der Waals surface area contributed by atoms with Crippen molar-refractivity contribution >= 4 is 10.8 Å². The minimum absolute atomic E-state index is 0.856. The van der Waals surface area contributed by atoms with Crippen molar-refractivity contribution in [2.24, 2.45) is 11.8 Å². The van der Waals surface area contributed by atoms with Gasteiger partial charge in [-0.15, -0.1) is 0 Å². The van der Waals surface area contributed by atoms with Crippen LogP contribution in [0.2, 0.25) is 0 Å². The maximum absolute atomic E-state index is 5.49. The van der Waals surface area contributed by atoms with Gasteiger partial charge in [-0.25, -0.2) is 0 Å². The smallest absolute Gasteiger partial charge is 0.126 e. The van der Waals surface area contributed by atoms with Gasteiger partial charge in [0.25, 0.3) is 0 Å². The summed E-state index contributed by atoms with van der Waals surface area (Å²) in [6.07, 6.45) is 0. The van der Waals surface area contributed by atoms with E-state index in [2.05, 4.69) is 46.6 Å². The van der Waals surface area contributed by atoms with Crippen LogP contribution in [0, 0.1) is 11.8 Å². The molecule has 0 radical (unpaired) electrons. The van der Waals surface area contributed by atoms with E-state index in [0.717, 1.165) is 24.1 Å². The predicted molar refractivity (Wildman–Crippen MR) is 85.6 cm³/mol. The molecule has 2 unspecified atom stereocenters. The van der Waals surface area contributed by atoms with E-state index in [-0.39, 0.29) is 0 Å². The summed E-state index contributed by atoms with van der Waals surface area (Å²) in [5.41, 5.74) is 1.42. The normalized spacial score (nSPS) is 25.4. The van der Waals surface area contributed by atoms with Gasteiger partial charge in [-0.1, -0.05) is 30.3 Å². The fraction of sp³-hybridized carbons (Fsp3) is 0.444. The summed E-state index contributed by atoms with van der Waals surface area (Å²) >= 11 is 0. The van der Waals surface area contributed by atoms with E-state index in [4.69, 9.17) is 4.74 Å². The summed E-state index contributed by atoms with van der Waals surface area (Å²) in [7, 11) is 1.75. The Morgan fingerprint density at radius 3 is 2.48 bits per heavy atom. The first-order valence-electron chi connectivity index (χ1n) is 7.83. The lowest BCUT2D eigenvalue weighted by atomic mass is 10.0. The van der Waals surface area contributed by atoms with Crippen LogP contribution >= 0.6 is 0 Å². The van der Waals surface area contributed by atoms with Crippen molar-refractivity contribution in [2.75, 3.05) is 33.3 Å². The molecule has 4 rings (SSSR count). The fourth-order valence-corrected chi connectivity index (χ4v) is 3.97. The van der Waals surface area contributed by atoms with Crippen LogP contribution in [-0.2, 0) is 6.54 Å². The second kappa shape index (κ2) is 5.32. The number of nitrogens with one attached hydrogen (secondary N) is 1. The van der Waals surface area contributed by atoms with Crippen LogP contribution in [0.1, 0.15) is 5.56 Å². The van der Waals surface area contributed by atoms with Gasteiger partial charge in [-0.2, -0.15) is 0 Å². The molecule has 2 aliphatic rings. The molecule has 0 amide bonds. The lowest BCUT2D eigenvalue weighted by molar-refractivity contribution is 0.306. The molecule has 0 aromatic heterocycles. The molecule has 0 bridgehead atoms. The van der Waals surface area contributed by atoms with Crippen molar-refractivity contribution in [3.05, 3.63) is 42.0 Å². The zero-order valence-corrected chi connectivity index (χ0v) is 12.5. The highest BCUT2D eigenvalue weighted by atomic mass is 16.5. The summed E-state index contributed by atoms with van der Waals surface area (Å²) in [6, 6.07) is 12.9. The molecule has 2 aliphatic heterocycles. The zero-order valence-electron chi connectivity index (χ0n) is 12.5. The molecule has 110 valence electrons. The number of ether oxygens (including phenoxy) is 1. The molecule has 0 saturated carbocycles. The number of likely N-dealkylation sites (tertiary alicyclic amines) is 1. The van der Waals surface area contributed by atoms with Crippen LogP contribution in [-0.4, -0.2) is 38.2 Å². The molecular weight excluding hydrogens is 260 g/mol. The molecule has 2 heterocycles. The molecule has 0 spiro atoms. The monoisotopic (exact) mass is 282 g/mol. The van der Waals surface area contributed by atoms with E-state index >= 15 is 0 Å². The highest BCUT2D eigenvalue weighted by molar-refractivity contribution is 5.91. The van der Waals surface area contributed by atoms with Crippen LogP contribution in [0.4, 0.5) is 0 Å². The first-order valence-corrected chi connectivity index (χ1v) is 7.83. The van der Waals surface area contributed by atoms with Crippen LogP contribution in [0.25, 0.3) is 10.8 Å². The van der Waals surface area contributed by atoms with Gasteiger partial charge in [-0.3, -0.25) is 4.90 Å². The van der Waals surface area contributed by atoms with Crippen molar-refractivity contribution in [1.82, 2.24) is 10.2 Å². The van der Waals surface area contributed by atoms with Crippen molar-refractivity contribution < 1.29 is 4.74 Å². The van der Waals surface area contributed by atoms with Crippen molar-refractivity contribution in [3.63, 3.8) is 0 Å². The fourth-order valence-electron chi connectivity index (χ4n) is 3.97. The van der Waals surface area contributed by atoms with Crippen molar-refractivity contribution in [1.29, 1.82) is 0 Å². The third-order valence-electron chi connectivity index (χ3n) is 5.05. The van der Waals surface area contributed by atoms with Gasteiger partial charge in [-0.05, 0) is 41.9 Å². The number of nitrogens with zero attached hydrogens (tertiary/aromatic N) is 1. The Labute approximate surface area is 125 Å². The van der Waals surface area contributed by atoms with Gasteiger partial charge < -0.3 is 10.1 Å². The van der Waals surface area contributed by atoms with Gasteiger partial charge in [0, 0.05) is 25.0 Å². The van der Waals surface area contributed by atoms with E-state index in [1.54, 1.807) is 7.11 Å². The minimum Gasteiger partial charge on any atom is -0.496 e. The molecule has 21 heavy (non-hydrogen) atoms. The molecule has 2 fully saturated rings. The lowest BCUT2D eigenvalue weighted by Crippen LogP contribution is -2.25. The molecule has 3 nitrogen and oxygen atoms in total. The molecule has 2 saturated heterocycles. The maximum Gasteiger partial charge on any atom is 0.126 e. The Balaban J connectivity index is 1.62. The SMILES string of the molecule is COc1ccc(CN2CC3CNCC3C2)c2ccccc12. The highest BCUT2D eigenvalue weighted by Gasteiger charge is 2.35. The van der Waals surface area contributed by atoms with Crippen molar-refractivity contribution in [3.8, 4) is 5.75 Å². The van der Waals surface area contributed by atoms with Gasteiger partial charge in [0.1, 0.15) is 5.75 Å². The summed E-state index contributed by atoms with van der Waals surface area (Å²) in [5, 5.41) is 6.06. The molecular formula is C18H22N2O. The standard InChI is InChI=1S/C18H22N2O/c1-21-18-7-6-13(16-4-2-3-5-17(16)18)10-20-11-14-8-19-9-15(14)12-20/h2-7,14-15,19H,8-12H2,1H3. The predicted octanol–water partition coefficient (Wildman–Crippen LogP) is 2.50. The van der Waals surface area contributed by atoms with E-state index in [1.807, 2.05) is 0 Å². The topological polar surface area (TPSA) is 24.5 Å². The number of benzene rings is 2. The van der Waals surface area contributed by atoms with Crippen LogP contribution in [0.3, 0.4) is 0 Å². The third-order valence-corrected chi connectivity index (χ3v) is 5.05. The van der Waals surface area contributed by atoms with Gasteiger partial charge in [0.2, 0.25) is 0 Å². The summed E-state index contributed by atoms with van der Waals surface area (Å²) in [6.45, 7) is 5.92. The Hall–Kier alpha value is -1.58. The molecule has 2 aromatic rings. The van der Waals surface area contributed by atoms with Crippen molar-refractivity contribution in [2.45, 2.75) is 6.54 Å². The maximum atomic E-state index is 5.49. The number of fused-ring (bicyclic) bond motifs is 2. The third kappa shape index (κ3) is 2.30. The minimum atomic E-state index is 0.856. The summed E-state index contributed by atoms with van der Waals surface area (Å²) in [5.74, 6) is 2.68. The molecule has 3 heteroatoms. The first kappa shape index (κ1) is 13.1. The van der Waals surface area contributed by atoms with E-state index in [9.17, 15) is 0 Å². The Morgan fingerprint density at radius 2 is 1.76 bits per heavy atom. The highest BCUT2D eigenvalue weighted by Crippen LogP contribution is 2.32. The number of methoxy groups -OCH3 is 1. The van der Waals surface area contributed by atoms with Gasteiger partial charge in [0.05, 0.1) is 7.11 Å². The second-order valence-corrected chi connectivity index (χ2v) is 6.35. The molecule has 1 N–H and O–H groups in total. The van der Waals surface area contributed by atoms with Crippen LogP contribution in [0.5, 0.6) is 5.75 Å². The van der Waals surface area contributed by atoms with Crippen LogP contribution in [0.15, 0.2) is 36.4 Å². The molecule has 2 atom stereocenters. The molecule has 0 aliphatic carbocycles. The average Bonchev–Trinajstić information content (AvgIpc) is 3.09.